The number of benzene rings is 5. The number of nitro groups is 2. The molecule has 0 aromatic heterocycles. The fourth-order valence-corrected chi connectivity index (χ4v) is 5.32. The zero-order valence-corrected chi connectivity index (χ0v) is 52.7. The Morgan fingerprint density at radius 2 is 0.904 bits per heavy atom. The molecule has 0 saturated carbocycles. The fraction of sp³-hybridized carbons (Fsp3) is 0.200. The van der Waals surface area contributed by atoms with E-state index in [2.05, 4.69) is 42.7 Å². The molecule has 0 aliphatic carbocycles. The number of hydrogen-bond donors (Lipinski definition) is 6. The van der Waals surface area contributed by atoms with Gasteiger partial charge >= 0.3 is 132 Å². The van der Waals surface area contributed by atoms with Crippen LogP contribution in [0.15, 0.2) is 60.7 Å². The third-order valence-corrected chi connectivity index (χ3v) is 9.38. The van der Waals surface area contributed by atoms with Gasteiger partial charge in [-0.05, 0) is 24.3 Å². The summed E-state index contributed by atoms with van der Waals surface area (Å²) < 4.78 is 97.7. The molecule has 8 N–H and O–H groups in total. The zero-order valence-electron chi connectivity index (χ0n) is 45.9. The second-order valence-corrected chi connectivity index (χ2v) is 14.6. The topological polar surface area (TPSA) is 383 Å². The summed E-state index contributed by atoms with van der Waals surface area (Å²) in [5, 5.41) is 57.9. The van der Waals surface area contributed by atoms with Gasteiger partial charge in [0.2, 0.25) is 5.82 Å². The van der Waals surface area contributed by atoms with Gasteiger partial charge in [-0.3, -0.25) is 34.6 Å². The van der Waals surface area contributed by atoms with Gasteiger partial charge in [-0.2, -0.15) is 4.39 Å². The number of nitrogens with two attached hydrogens (primary N) is 2. The number of carboxylic acids is 3. The normalized spacial score (nSPS) is 9.06. The first kappa shape index (κ1) is 82.6. The van der Waals surface area contributed by atoms with E-state index >= 15 is 0 Å². The Morgan fingerprint density at radius 3 is 1.23 bits per heavy atom. The number of hydrogen-bond acceptors (Lipinski definition) is 19. The zero-order chi connectivity index (χ0) is 62.9. The summed E-state index contributed by atoms with van der Waals surface area (Å²) >= 11 is 3.01. The van der Waals surface area contributed by atoms with Crippen LogP contribution in [-0.2, 0) is 9.68 Å². The average Bonchev–Trinajstić information content (AvgIpc) is 3.52. The van der Waals surface area contributed by atoms with Gasteiger partial charge in [0.05, 0.1) is 107 Å². The van der Waals surface area contributed by atoms with Crippen molar-refractivity contribution >= 4 is 80.3 Å². The van der Waals surface area contributed by atoms with E-state index < -0.39 is 90.7 Å². The van der Waals surface area contributed by atoms with Crippen molar-refractivity contribution in [3.63, 3.8) is 0 Å². The molecule has 0 radical (unpaired) electrons. The molecule has 5 aromatic rings. The molecule has 438 valence electrons. The van der Waals surface area contributed by atoms with Crippen LogP contribution >= 0.6 is 15.9 Å². The molecule has 5 rings (SSSR count). The summed E-state index contributed by atoms with van der Waals surface area (Å²) in [5.74, 6) is -5.70. The molecule has 0 aliphatic heterocycles. The van der Waals surface area contributed by atoms with Crippen molar-refractivity contribution in [1.29, 1.82) is 0 Å². The standard InChI is InChI=1S/C13H14FNO2.C10H12FNO2.C8H6FNO5.C8H8FNO3.C7H3F2NO4.C3H3Br.CH2O3.2K.H/c1-4-6-15-11-8-10(14)9(12(16)5-2)7-13(11)17-3;1-3-9(13)6-4-10(14-2)8(12)5-7(6)11;1-15-7-2-4(8(11)12)5(9)3-6(7)10(13)14;1-13-7-2-4(8(11)12)5(9)3-6(7)10;8-4-2-6(10(13)14)5(9)1-3(4)7(11)12;1-2-3-4;2-1-4-3;;;/h1,7-8,15H,5-6H2,2-3H3;4-5H,3,12H2,1-2H3;2-3H,1H3,(H,11,12);2-3H,10H2,1H3,(H,11,12);1-2H,(H,11,12);1H,3H2;1,3H;;;/q;;;;;;;2*+1;-1/p-1. The molecule has 0 spiro atoms. The van der Waals surface area contributed by atoms with Crippen molar-refractivity contribution in [3.05, 3.63) is 144 Å². The first-order chi connectivity index (χ1) is 38.0. The molecule has 5 aromatic carbocycles. The Labute approximate surface area is 562 Å². The number of ketones is 2. The minimum absolute atomic E-state index is 0. The van der Waals surface area contributed by atoms with Gasteiger partial charge in [0.1, 0.15) is 46.3 Å². The summed E-state index contributed by atoms with van der Waals surface area (Å²) in [6.45, 7) is 3.43. The molecule has 83 heavy (non-hydrogen) atoms. The molecular weight excluding hydrogens is 1250 g/mol. The molecule has 0 atom stereocenters. The molecule has 0 amide bonds. The maximum atomic E-state index is 13.7. The molecule has 0 fully saturated rings. The summed E-state index contributed by atoms with van der Waals surface area (Å²) in [6, 6.07) is 8.80. The van der Waals surface area contributed by atoms with Gasteiger partial charge in [-0.25, -0.2) is 36.3 Å². The van der Waals surface area contributed by atoms with Gasteiger partial charge in [0.25, 0.3) is 6.47 Å². The van der Waals surface area contributed by atoms with Crippen LogP contribution in [0.4, 0.5) is 54.8 Å². The van der Waals surface area contributed by atoms with Crippen molar-refractivity contribution in [3.8, 4) is 47.7 Å². The SMILES string of the molecule is C#CCBr.C#CCNc1cc(F)c(C(=O)CC)cc1OC.CCC(=O)c1cc(OC)c(N)cc1F.COc1cc(C(=O)O)c(F)cc1N.COc1cc(C(=O)O)c(F)cc1[N+](=O)[O-].O=C(O)c1cc(F)c([N+](=O)[O-])cc1F.O=CO[O-].[H-].[K+].[K+]. The molecule has 24 nitrogen and oxygen atoms in total. The number of carboxylic acid groups (broad SMARTS) is 3. The largest absolute Gasteiger partial charge is 1.00 e. The third-order valence-electron chi connectivity index (χ3n) is 9.06. The summed E-state index contributed by atoms with van der Waals surface area (Å²) in [6.07, 6.45) is 10.3. The van der Waals surface area contributed by atoms with Crippen molar-refractivity contribution in [2.75, 3.05) is 57.1 Å². The maximum Gasteiger partial charge on any atom is 1.00 e. The number of nitrogens with zero attached hydrogens (tertiary/aromatic N) is 2. The predicted octanol–water partition coefficient (Wildman–Crippen LogP) is 2.18. The first-order valence-electron chi connectivity index (χ1n) is 21.5. The number of ether oxygens (including phenoxy) is 4. The van der Waals surface area contributed by atoms with E-state index in [1.807, 2.05) is 0 Å². The Balaban J connectivity index is -0.000000297. The van der Waals surface area contributed by atoms with Crippen LogP contribution in [0.2, 0.25) is 0 Å². The van der Waals surface area contributed by atoms with Crippen LogP contribution in [0.5, 0.6) is 23.0 Å². The summed E-state index contributed by atoms with van der Waals surface area (Å²) in [5.41, 5.74) is 7.82. The number of rotatable bonds is 16. The molecule has 0 unspecified atom stereocenters. The molecule has 0 aliphatic rings. The Bertz CT molecular complexity index is 3120. The number of nitro benzene ring substituents is 2. The van der Waals surface area contributed by atoms with Crippen molar-refractivity contribution in [1.82, 2.24) is 0 Å². The average molecular weight is 1300 g/mol. The van der Waals surface area contributed by atoms with Gasteiger partial charge in [-0.1, -0.05) is 41.6 Å². The van der Waals surface area contributed by atoms with Gasteiger partial charge in [-0.15, -0.1) is 12.8 Å². The van der Waals surface area contributed by atoms with Crippen molar-refractivity contribution < 1.29 is 214 Å². The fourth-order valence-electron chi connectivity index (χ4n) is 5.32. The summed E-state index contributed by atoms with van der Waals surface area (Å²) in [4.78, 5) is 83.8. The Morgan fingerprint density at radius 1 is 0.590 bits per heavy atom. The first-order valence-corrected chi connectivity index (χ1v) is 22.6. The molecule has 0 heterocycles. The van der Waals surface area contributed by atoms with E-state index in [9.17, 15) is 70.5 Å². The second kappa shape index (κ2) is 43.8. The van der Waals surface area contributed by atoms with E-state index in [0.717, 1.165) is 31.4 Å². The minimum atomic E-state index is -1.68. The number of aromatic carboxylic acids is 3. The molecule has 33 heteroatoms. The van der Waals surface area contributed by atoms with Crippen molar-refractivity contribution in [2.45, 2.75) is 26.7 Å². The second-order valence-electron chi connectivity index (χ2n) is 14.0. The molecular formula is C50H48BrF6K2N5O19. The number of alkyl halides is 1. The number of nitrogen functional groups attached to an aromatic ring is 2. The summed E-state index contributed by atoms with van der Waals surface area (Å²) in [7, 11) is 5.33. The smallest absolute Gasteiger partial charge is 1.00 e. The van der Waals surface area contributed by atoms with Crippen LogP contribution in [0, 0.1) is 79.8 Å². The Hall–Kier alpha value is -6.87. The van der Waals surface area contributed by atoms with Crippen LogP contribution < -0.4 is 144 Å². The quantitative estimate of drug-likeness (QED) is 0.00787. The van der Waals surface area contributed by atoms with Crippen LogP contribution in [0.1, 0.15) is 79.9 Å². The number of Topliss-reactive ketones (excluding diaryl/α,β-unsaturated/α-hetero) is 2. The number of anilines is 3. The number of methoxy groups -OCH3 is 4. The minimum Gasteiger partial charge on any atom is -1.00 e. The maximum absolute atomic E-state index is 13.7. The number of nitrogens with one attached hydrogen (secondary N) is 1. The van der Waals surface area contributed by atoms with E-state index in [4.69, 9.17) is 63.9 Å². The van der Waals surface area contributed by atoms with E-state index in [1.165, 1.54) is 39.5 Å². The predicted molar refractivity (Wildman–Crippen MR) is 279 cm³/mol. The van der Waals surface area contributed by atoms with Gasteiger partial charge < -0.3 is 62.6 Å². The number of carbonyl (C=O) groups excluding carboxylic acids is 3. The van der Waals surface area contributed by atoms with Crippen LogP contribution in [0.25, 0.3) is 0 Å². The molecule has 0 saturated heterocycles. The third kappa shape index (κ3) is 28.3. The van der Waals surface area contributed by atoms with E-state index in [1.54, 1.807) is 13.8 Å². The number of halogens is 7. The van der Waals surface area contributed by atoms with Gasteiger partial charge in [0, 0.05) is 37.1 Å². The van der Waals surface area contributed by atoms with E-state index in [-0.39, 0.29) is 188 Å². The Kier molecular flexibility index (Phi) is 43.6. The monoisotopic (exact) mass is 1290 g/mol. The van der Waals surface area contributed by atoms with Crippen molar-refractivity contribution in [2.24, 2.45) is 0 Å². The van der Waals surface area contributed by atoms with Crippen LogP contribution in [-0.4, -0.2) is 101 Å². The van der Waals surface area contributed by atoms with Gasteiger partial charge in [0.15, 0.2) is 17.3 Å². The van der Waals surface area contributed by atoms with Crippen LogP contribution in [0.3, 0.4) is 0 Å². The number of terminal acetylenes is 2. The number of carbonyl (C=O) groups is 6. The molecule has 0 bridgehead atoms. The van der Waals surface area contributed by atoms with E-state index in [0.29, 0.717) is 28.6 Å².